The fraction of sp³-hybridized carbons (Fsp3) is 0.250. The lowest BCUT2D eigenvalue weighted by molar-refractivity contribution is -0.422. The summed E-state index contributed by atoms with van der Waals surface area (Å²) < 4.78 is 81.4. The van der Waals surface area contributed by atoms with Gasteiger partial charge in [-0.15, -0.1) is 14.7 Å². The van der Waals surface area contributed by atoms with Gasteiger partial charge in [-0.2, -0.15) is 13.2 Å². The first-order chi connectivity index (χ1) is 10.3. The zero-order valence-corrected chi connectivity index (χ0v) is 10.7. The zero-order chi connectivity index (χ0) is 16.1. The molecule has 1 unspecified atom stereocenters. The molecule has 0 aromatic heterocycles. The maximum absolute atomic E-state index is 14.4. The van der Waals surface area contributed by atoms with E-state index in [0.717, 1.165) is 0 Å². The molecule has 0 bridgehead atoms. The van der Waals surface area contributed by atoms with Crippen molar-refractivity contribution in [3.8, 4) is 0 Å². The average molecular weight is 322 g/mol. The van der Waals surface area contributed by atoms with Gasteiger partial charge in [-0.05, 0) is 5.56 Å². The van der Waals surface area contributed by atoms with Crippen molar-refractivity contribution < 1.29 is 26.6 Å². The van der Waals surface area contributed by atoms with E-state index >= 15 is 0 Å². The monoisotopic (exact) mass is 322 g/mol. The Labute approximate surface area is 120 Å². The number of aliphatic imine (C=N–C) groups is 1. The molecule has 0 radical (unpaired) electrons. The van der Waals surface area contributed by atoms with Gasteiger partial charge >= 0.3 is 12.1 Å². The Morgan fingerprint density at radius 3 is 2.27 bits per heavy atom. The second-order valence-electron chi connectivity index (χ2n) is 4.67. The summed E-state index contributed by atoms with van der Waals surface area (Å²) >= 11 is 0. The summed E-state index contributed by atoms with van der Waals surface area (Å²) in [5.74, 6) is -4.68. The summed E-state index contributed by atoms with van der Waals surface area (Å²) in [5.41, 5.74) is -0.669. The van der Waals surface area contributed by atoms with Crippen molar-refractivity contribution >= 4 is 5.84 Å². The van der Waals surface area contributed by atoms with Crippen LogP contribution in [0.2, 0.25) is 0 Å². The summed E-state index contributed by atoms with van der Waals surface area (Å²) in [5, 5.41) is -4.09. The van der Waals surface area contributed by atoms with Crippen LogP contribution in [0.1, 0.15) is 5.56 Å². The molecule has 1 aromatic rings. The molecule has 3 rings (SSSR count). The van der Waals surface area contributed by atoms with Crippen LogP contribution in [-0.4, -0.2) is 33.3 Å². The van der Waals surface area contributed by atoms with Crippen molar-refractivity contribution in [1.82, 2.24) is 15.4 Å². The van der Waals surface area contributed by atoms with Crippen LogP contribution in [0.15, 0.2) is 47.2 Å². The van der Waals surface area contributed by atoms with Crippen LogP contribution < -0.4 is 0 Å². The van der Waals surface area contributed by atoms with E-state index in [1.165, 1.54) is 0 Å². The van der Waals surface area contributed by atoms with Crippen molar-refractivity contribution in [1.29, 1.82) is 0 Å². The van der Waals surface area contributed by atoms with Crippen LogP contribution in [0.25, 0.3) is 0 Å². The number of benzene rings is 1. The minimum atomic E-state index is -5.00. The van der Waals surface area contributed by atoms with Crippen LogP contribution >= 0.6 is 0 Å². The quantitative estimate of drug-likeness (QED) is 0.474. The SMILES string of the molecule is FN1C=C2N=C(Cc3ccccc3)N(F)C2(F)N(F)C1(F)F. The number of alkyl halides is 3. The van der Waals surface area contributed by atoms with E-state index in [1.807, 2.05) is 0 Å². The number of fused-ring (bicyclic) bond motifs is 1. The highest BCUT2D eigenvalue weighted by Gasteiger charge is 2.68. The lowest BCUT2D eigenvalue weighted by atomic mass is 10.1. The third kappa shape index (κ3) is 1.86. The number of halogens is 6. The molecule has 2 aliphatic heterocycles. The highest BCUT2D eigenvalue weighted by atomic mass is 19.3. The molecular formula is C12H8F6N4. The molecule has 4 nitrogen and oxygen atoms in total. The summed E-state index contributed by atoms with van der Waals surface area (Å²) in [6, 6.07) is 8.02. The van der Waals surface area contributed by atoms with Crippen molar-refractivity contribution in [2.75, 3.05) is 0 Å². The minimum absolute atomic E-state index is 0.0827. The van der Waals surface area contributed by atoms with E-state index in [4.69, 9.17) is 0 Å². The van der Waals surface area contributed by atoms with Gasteiger partial charge in [-0.3, -0.25) is 0 Å². The van der Waals surface area contributed by atoms with Gasteiger partial charge in [0.2, 0.25) is 0 Å². The molecule has 22 heavy (non-hydrogen) atoms. The second kappa shape index (κ2) is 4.63. The Morgan fingerprint density at radius 1 is 1.00 bits per heavy atom. The molecule has 0 N–H and O–H groups in total. The zero-order valence-electron chi connectivity index (χ0n) is 10.7. The third-order valence-electron chi connectivity index (χ3n) is 3.26. The second-order valence-corrected chi connectivity index (χ2v) is 4.67. The Balaban J connectivity index is 1.96. The Bertz CT molecular complexity index is 648. The van der Waals surface area contributed by atoms with Crippen molar-refractivity contribution in [2.24, 2.45) is 4.99 Å². The fourth-order valence-electron chi connectivity index (χ4n) is 2.15. The van der Waals surface area contributed by atoms with Gasteiger partial charge in [0.25, 0.3) is 0 Å². The van der Waals surface area contributed by atoms with Crippen molar-refractivity contribution in [2.45, 2.75) is 18.5 Å². The predicted molar refractivity (Wildman–Crippen MR) is 63.3 cm³/mol. The van der Waals surface area contributed by atoms with Gasteiger partial charge in [0.05, 0.1) is 6.20 Å². The van der Waals surface area contributed by atoms with E-state index < -0.39 is 39.0 Å². The van der Waals surface area contributed by atoms with Gasteiger partial charge in [0.15, 0.2) is 0 Å². The van der Waals surface area contributed by atoms with Crippen molar-refractivity contribution in [3.63, 3.8) is 0 Å². The van der Waals surface area contributed by atoms with E-state index in [2.05, 4.69) is 4.99 Å². The maximum atomic E-state index is 14.4. The standard InChI is InChI=1S/C12H8F6N4/c13-11-9(7-20(16)12(14,15)22(11)18)19-10(21(11)17)6-8-4-2-1-3-5-8/h1-5,7H,6H2. The molecule has 118 valence electrons. The first-order valence-electron chi connectivity index (χ1n) is 6.05. The van der Waals surface area contributed by atoms with Gasteiger partial charge < -0.3 is 0 Å². The third-order valence-corrected chi connectivity index (χ3v) is 3.26. The van der Waals surface area contributed by atoms with Crippen LogP contribution in [0.3, 0.4) is 0 Å². The van der Waals surface area contributed by atoms with Crippen LogP contribution in [-0.2, 0) is 6.42 Å². The molecule has 0 saturated heterocycles. The summed E-state index contributed by atoms with van der Waals surface area (Å²) in [6.07, 6.45) is -5.37. The molecule has 0 fully saturated rings. The normalized spacial score (nSPS) is 27.5. The van der Waals surface area contributed by atoms with Gasteiger partial charge in [0, 0.05) is 11.5 Å². The number of hydrogen-bond acceptors (Lipinski definition) is 4. The number of nitrogens with zero attached hydrogens (tertiary/aromatic N) is 4. The molecule has 10 heteroatoms. The molecule has 1 aromatic carbocycles. The molecule has 1 atom stereocenters. The first-order valence-corrected chi connectivity index (χ1v) is 6.05. The maximum Gasteiger partial charge on any atom is 0.447 e. The Morgan fingerprint density at radius 2 is 1.64 bits per heavy atom. The van der Waals surface area contributed by atoms with Crippen LogP contribution in [0, 0.1) is 0 Å². The van der Waals surface area contributed by atoms with Crippen LogP contribution in [0.5, 0.6) is 0 Å². The van der Waals surface area contributed by atoms with E-state index in [0.29, 0.717) is 5.56 Å². The fourth-order valence-corrected chi connectivity index (χ4v) is 2.15. The van der Waals surface area contributed by atoms with Gasteiger partial charge in [0.1, 0.15) is 11.5 Å². The topological polar surface area (TPSA) is 22.1 Å². The predicted octanol–water partition coefficient (Wildman–Crippen LogP) is 3.23. The van der Waals surface area contributed by atoms with Gasteiger partial charge in [-0.1, -0.05) is 39.3 Å². The molecule has 2 heterocycles. The minimum Gasteiger partial charge on any atom is -0.228 e. The van der Waals surface area contributed by atoms with E-state index in [-0.39, 0.29) is 12.6 Å². The van der Waals surface area contributed by atoms with Crippen molar-refractivity contribution in [3.05, 3.63) is 47.8 Å². The van der Waals surface area contributed by atoms with E-state index in [9.17, 15) is 26.6 Å². The average Bonchev–Trinajstić information content (AvgIpc) is 2.72. The lowest BCUT2D eigenvalue weighted by Gasteiger charge is -2.39. The van der Waals surface area contributed by atoms with E-state index in [1.54, 1.807) is 30.3 Å². The van der Waals surface area contributed by atoms with Gasteiger partial charge in [-0.25, -0.2) is 4.99 Å². The molecule has 2 aliphatic rings. The van der Waals surface area contributed by atoms with Crippen LogP contribution in [0.4, 0.5) is 26.6 Å². The highest BCUT2D eigenvalue weighted by molar-refractivity contribution is 5.87. The Kier molecular flexibility index (Phi) is 3.09. The number of rotatable bonds is 2. The largest absolute Gasteiger partial charge is 0.447 e. The highest BCUT2D eigenvalue weighted by Crippen LogP contribution is 2.48. The lowest BCUT2D eigenvalue weighted by Crippen LogP contribution is -2.63. The number of hydrogen-bond donors (Lipinski definition) is 0. The summed E-state index contributed by atoms with van der Waals surface area (Å²) in [6.45, 7) is 0. The number of amidine groups is 1. The molecule has 0 spiro atoms. The molecule has 0 saturated carbocycles. The Hall–Kier alpha value is -2.23. The molecular weight excluding hydrogens is 314 g/mol. The smallest absolute Gasteiger partial charge is 0.228 e. The molecule has 0 aliphatic carbocycles. The summed E-state index contributed by atoms with van der Waals surface area (Å²) in [4.78, 5) is 3.38. The molecule has 0 amide bonds. The first kappa shape index (κ1) is 14.7. The summed E-state index contributed by atoms with van der Waals surface area (Å²) in [7, 11) is 0.